The number of ether oxygens (including phenoxy) is 1. The highest BCUT2D eigenvalue weighted by Gasteiger charge is 2.17. The lowest BCUT2D eigenvalue weighted by atomic mass is 10.1. The summed E-state index contributed by atoms with van der Waals surface area (Å²) in [5.41, 5.74) is 2.55. The summed E-state index contributed by atoms with van der Waals surface area (Å²) < 4.78 is 11.1. The molecule has 0 bridgehead atoms. The van der Waals surface area contributed by atoms with Crippen LogP contribution in [0.5, 0.6) is 5.75 Å². The Hall–Kier alpha value is -3.13. The third kappa shape index (κ3) is 3.22. The van der Waals surface area contributed by atoms with Gasteiger partial charge in [0.05, 0.1) is 11.6 Å². The zero-order valence-electron chi connectivity index (χ0n) is 12.9. The van der Waals surface area contributed by atoms with Crippen molar-refractivity contribution in [2.45, 2.75) is 20.0 Å². The molecule has 1 heterocycles. The van der Waals surface area contributed by atoms with Gasteiger partial charge in [-0.25, -0.2) is 0 Å². The first-order valence-electron chi connectivity index (χ1n) is 7.24. The van der Waals surface area contributed by atoms with E-state index >= 15 is 0 Å². The van der Waals surface area contributed by atoms with Crippen molar-refractivity contribution in [3.05, 3.63) is 65.5 Å². The largest absolute Gasteiger partial charge is 0.481 e. The fourth-order valence-electron chi connectivity index (χ4n) is 2.23. The topological polar surface area (TPSA) is 71.9 Å². The summed E-state index contributed by atoms with van der Waals surface area (Å²) in [4.78, 5) is 4.41. The molecular formula is C18H15N3O2. The van der Waals surface area contributed by atoms with E-state index in [1.807, 2.05) is 38.1 Å². The molecule has 0 saturated heterocycles. The van der Waals surface area contributed by atoms with Crippen LogP contribution in [0.3, 0.4) is 0 Å². The second kappa shape index (κ2) is 6.32. The van der Waals surface area contributed by atoms with E-state index in [9.17, 15) is 0 Å². The molecule has 0 radical (unpaired) electrons. The van der Waals surface area contributed by atoms with Crippen LogP contribution < -0.4 is 4.74 Å². The van der Waals surface area contributed by atoms with Crippen molar-refractivity contribution in [3.8, 4) is 23.2 Å². The Balaban J connectivity index is 1.80. The van der Waals surface area contributed by atoms with Crippen molar-refractivity contribution in [1.29, 1.82) is 5.26 Å². The maximum Gasteiger partial charge on any atom is 0.267 e. The average Bonchev–Trinajstić information content (AvgIpc) is 3.05. The van der Waals surface area contributed by atoms with Crippen molar-refractivity contribution in [2.24, 2.45) is 0 Å². The van der Waals surface area contributed by atoms with Gasteiger partial charge in [-0.05, 0) is 37.6 Å². The Morgan fingerprint density at radius 2 is 2.00 bits per heavy atom. The molecule has 0 aliphatic carbocycles. The number of nitrogens with zero attached hydrogens (tertiary/aromatic N) is 3. The van der Waals surface area contributed by atoms with E-state index in [0.717, 1.165) is 11.1 Å². The van der Waals surface area contributed by atoms with Crippen molar-refractivity contribution in [3.63, 3.8) is 0 Å². The van der Waals surface area contributed by atoms with Gasteiger partial charge in [-0.15, -0.1) is 0 Å². The zero-order chi connectivity index (χ0) is 16.2. The van der Waals surface area contributed by atoms with E-state index in [0.29, 0.717) is 23.0 Å². The van der Waals surface area contributed by atoms with Crippen molar-refractivity contribution in [1.82, 2.24) is 10.1 Å². The minimum atomic E-state index is -0.408. The van der Waals surface area contributed by atoms with E-state index in [-0.39, 0.29) is 0 Å². The molecule has 114 valence electrons. The molecule has 23 heavy (non-hydrogen) atoms. The minimum Gasteiger partial charge on any atom is -0.481 e. The Morgan fingerprint density at radius 1 is 1.17 bits per heavy atom. The smallest absolute Gasteiger partial charge is 0.267 e. The lowest BCUT2D eigenvalue weighted by Crippen LogP contribution is -2.03. The van der Waals surface area contributed by atoms with Crippen LogP contribution in [-0.2, 0) is 0 Å². The standard InChI is InChI=1S/C18H15N3O2/c1-12-6-3-4-9-16(12)17-20-18(23-21-17)13(2)22-15-8-5-7-14(10-15)11-19/h3-10,13H,1-2H3/t13-/m0/s1. The van der Waals surface area contributed by atoms with E-state index in [1.165, 1.54) is 0 Å². The van der Waals surface area contributed by atoms with Gasteiger partial charge in [-0.2, -0.15) is 10.2 Å². The van der Waals surface area contributed by atoms with Gasteiger partial charge in [-0.3, -0.25) is 0 Å². The normalized spacial score (nSPS) is 11.7. The van der Waals surface area contributed by atoms with Crippen molar-refractivity contribution < 1.29 is 9.26 Å². The maximum absolute atomic E-state index is 8.92. The van der Waals surface area contributed by atoms with Crippen LogP contribution in [-0.4, -0.2) is 10.1 Å². The molecule has 0 saturated carbocycles. The lowest BCUT2D eigenvalue weighted by Gasteiger charge is -2.10. The molecule has 0 amide bonds. The molecule has 1 atom stereocenters. The maximum atomic E-state index is 8.92. The summed E-state index contributed by atoms with van der Waals surface area (Å²) in [7, 11) is 0. The summed E-state index contributed by atoms with van der Waals surface area (Å²) in [6.45, 7) is 3.83. The fraction of sp³-hybridized carbons (Fsp3) is 0.167. The summed E-state index contributed by atoms with van der Waals surface area (Å²) in [5, 5.41) is 12.9. The molecule has 2 aromatic carbocycles. The quantitative estimate of drug-likeness (QED) is 0.727. The van der Waals surface area contributed by atoms with Gasteiger partial charge < -0.3 is 9.26 Å². The van der Waals surface area contributed by atoms with E-state index in [1.54, 1.807) is 24.3 Å². The summed E-state index contributed by atoms with van der Waals surface area (Å²) in [5.74, 6) is 1.53. The summed E-state index contributed by atoms with van der Waals surface area (Å²) >= 11 is 0. The Bertz CT molecular complexity index is 864. The van der Waals surface area contributed by atoms with Gasteiger partial charge in [0.25, 0.3) is 5.89 Å². The molecule has 3 aromatic rings. The molecule has 0 unspecified atom stereocenters. The minimum absolute atomic E-state index is 0.394. The SMILES string of the molecule is Cc1ccccc1-c1noc([C@H](C)Oc2cccc(C#N)c2)n1. The first kappa shape index (κ1) is 14.8. The third-order valence-electron chi connectivity index (χ3n) is 3.45. The highest BCUT2D eigenvalue weighted by atomic mass is 16.5. The van der Waals surface area contributed by atoms with Crippen LogP contribution in [0, 0.1) is 18.3 Å². The fourth-order valence-corrected chi connectivity index (χ4v) is 2.23. The van der Waals surface area contributed by atoms with Crippen LogP contribution in [0.25, 0.3) is 11.4 Å². The van der Waals surface area contributed by atoms with Gasteiger partial charge >= 0.3 is 0 Å². The first-order valence-corrected chi connectivity index (χ1v) is 7.24. The van der Waals surface area contributed by atoms with Crippen LogP contribution >= 0.6 is 0 Å². The molecule has 0 fully saturated rings. The number of aromatic nitrogens is 2. The van der Waals surface area contributed by atoms with Gasteiger partial charge in [0.1, 0.15) is 5.75 Å². The Kier molecular flexibility index (Phi) is 4.07. The third-order valence-corrected chi connectivity index (χ3v) is 3.45. The van der Waals surface area contributed by atoms with E-state index in [2.05, 4.69) is 16.2 Å². The average molecular weight is 305 g/mol. The second-order valence-corrected chi connectivity index (χ2v) is 5.17. The van der Waals surface area contributed by atoms with Crippen LogP contribution in [0.15, 0.2) is 53.1 Å². The predicted molar refractivity (Wildman–Crippen MR) is 84.7 cm³/mol. The molecule has 0 spiro atoms. The summed E-state index contributed by atoms with van der Waals surface area (Å²) in [6, 6.07) is 16.9. The Morgan fingerprint density at radius 3 is 2.78 bits per heavy atom. The Labute approximate surface area is 134 Å². The van der Waals surface area contributed by atoms with Gasteiger partial charge in [0.15, 0.2) is 6.10 Å². The monoisotopic (exact) mass is 305 g/mol. The van der Waals surface area contributed by atoms with Gasteiger partial charge in [-0.1, -0.05) is 35.5 Å². The van der Waals surface area contributed by atoms with Gasteiger partial charge in [0.2, 0.25) is 5.82 Å². The summed E-state index contributed by atoms with van der Waals surface area (Å²) in [6.07, 6.45) is -0.408. The molecule has 0 N–H and O–H groups in total. The van der Waals surface area contributed by atoms with Crippen molar-refractivity contribution in [2.75, 3.05) is 0 Å². The highest BCUT2D eigenvalue weighted by Crippen LogP contribution is 2.25. The number of nitriles is 1. The number of hydrogen-bond donors (Lipinski definition) is 0. The molecule has 0 aliphatic heterocycles. The molecule has 1 aromatic heterocycles. The predicted octanol–water partition coefficient (Wildman–Crippen LogP) is 4.06. The molecule has 3 rings (SSSR count). The number of aryl methyl sites for hydroxylation is 1. The van der Waals surface area contributed by atoms with Crippen molar-refractivity contribution >= 4 is 0 Å². The lowest BCUT2D eigenvalue weighted by molar-refractivity contribution is 0.176. The molecule has 5 nitrogen and oxygen atoms in total. The van der Waals surface area contributed by atoms with Crippen LogP contribution in [0.1, 0.15) is 30.0 Å². The van der Waals surface area contributed by atoms with Crippen LogP contribution in [0.2, 0.25) is 0 Å². The van der Waals surface area contributed by atoms with Gasteiger partial charge in [0, 0.05) is 5.56 Å². The first-order chi connectivity index (χ1) is 11.2. The second-order valence-electron chi connectivity index (χ2n) is 5.17. The number of rotatable bonds is 4. The van der Waals surface area contributed by atoms with Crippen LogP contribution in [0.4, 0.5) is 0 Å². The zero-order valence-corrected chi connectivity index (χ0v) is 12.9. The van der Waals surface area contributed by atoms with E-state index in [4.69, 9.17) is 14.5 Å². The number of benzene rings is 2. The highest BCUT2D eigenvalue weighted by molar-refractivity contribution is 5.58. The van der Waals surface area contributed by atoms with E-state index < -0.39 is 6.10 Å². The number of hydrogen-bond acceptors (Lipinski definition) is 5. The molecule has 5 heteroatoms. The molecular weight excluding hydrogens is 290 g/mol. The molecule has 0 aliphatic rings.